The lowest BCUT2D eigenvalue weighted by Crippen LogP contribution is -2.48. The van der Waals surface area contributed by atoms with E-state index in [9.17, 15) is 14.7 Å². The number of likely N-dealkylation sites (tertiary alicyclic amines) is 1. The number of carboxylic acid groups (broad SMARTS) is 1. The number of nitrogens with zero attached hydrogens (tertiary/aromatic N) is 4. The molecule has 3 aromatic heterocycles. The van der Waals surface area contributed by atoms with Crippen LogP contribution in [0.15, 0.2) is 29.8 Å². The van der Waals surface area contributed by atoms with Crippen molar-refractivity contribution in [2.75, 3.05) is 6.54 Å². The average molecular weight is 398 g/mol. The fourth-order valence-electron chi connectivity index (χ4n) is 3.71. The van der Waals surface area contributed by atoms with E-state index < -0.39 is 12.0 Å². The largest absolute Gasteiger partial charge is 0.480 e. The van der Waals surface area contributed by atoms with Gasteiger partial charge in [-0.2, -0.15) is 5.10 Å². The van der Waals surface area contributed by atoms with E-state index in [1.54, 1.807) is 28.3 Å². The van der Waals surface area contributed by atoms with Gasteiger partial charge in [0.1, 0.15) is 6.04 Å². The highest BCUT2D eigenvalue weighted by molar-refractivity contribution is 7.13. The molecule has 1 unspecified atom stereocenters. The van der Waals surface area contributed by atoms with Gasteiger partial charge >= 0.3 is 5.97 Å². The molecule has 0 bridgehead atoms. The molecule has 1 aliphatic rings. The van der Waals surface area contributed by atoms with Gasteiger partial charge in [0.25, 0.3) is 5.91 Å². The maximum absolute atomic E-state index is 13.4. The Labute approximate surface area is 166 Å². The number of rotatable bonds is 4. The Morgan fingerprint density at radius 2 is 2.14 bits per heavy atom. The van der Waals surface area contributed by atoms with E-state index in [4.69, 9.17) is 4.98 Å². The van der Waals surface area contributed by atoms with Crippen molar-refractivity contribution in [2.24, 2.45) is 0 Å². The number of carbonyl (C=O) groups is 2. The minimum absolute atomic E-state index is 0.0910. The summed E-state index contributed by atoms with van der Waals surface area (Å²) in [5.74, 6) is -1.21. The van der Waals surface area contributed by atoms with Gasteiger partial charge in [0.2, 0.25) is 0 Å². The third kappa shape index (κ3) is 3.17. The standard InChI is InChI=1S/C20H22N4O3S/c1-12(2)24-18-14(11-21-24)13(10-15(22-18)17-7-5-9-28-17)19(25)23-8-4-3-6-16(23)20(26)27/h5,7,9-12,16H,3-4,6,8H2,1-2H3,(H,26,27). The summed E-state index contributed by atoms with van der Waals surface area (Å²) in [5, 5.41) is 16.6. The molecule has 4 rings (SSSR count). The third-order valence-electron chi connectivity index (χ3n) is 5.11. The molecule has 0 aromatic carbocycles. The summed E-state index contributed by atoms with van der Waals surface area (Å²) >= 11 is 1.55. The van der Waals surface area contributed by atoms with Crippen molar-refractivity contribution < 1.29 is 14.7 Å². The minimum atomic E-state index is -0.949. The van der Waals surface area contributed by atoms with Crippen LogP contribution >= 0.6 is 11.3 Å². The summed E-state index contributed by atoms with van der Waals surface area (Å²) in [4.78, 5) is 32.3. The van der Waals surface area contributed by atoms with Crippen molar-refractivity contribution in [3.05, 3.63) is 35.3 Å². The van der Waals surface area contributed by atoms with Crippen LogP contribution in [-0.2, 0) is 4.79 Å². The molecule has 4 heterocycles. The maximum Gasteiger partial charge on any atom is 0.326 e. The van der Waals surface area contributed by atoms with Crippen LogP contribution in [0.4, 0.5) is 0 Å². The monoisotopic (exact) mass is 398 g/mol. The number of hydrogen-bond donors (Lipinski definition) is 1. The fourth-order valence-corrected chi connectivity index (χ4v) is 4.40. The van der Waals surface area contributed by atoms with Gasteiger partial charge in [0.15, 0.2) is 5.65 Å². The average Bonchev–Trinajstić information content (AvgIpc) is 3.36. The normalized spacial score (nSPS) is 17.4. The number of carbonyl (C=O) groups excluding carboxylic acids is 1. The van der Waals surface area contributed by atoms with E-state index in [1.165, 1.54) is 4.90 Å². The van der Waals surface area contributed by atoms with Gasteiger partial charge in [-0.15, -0.1) is 11.3 Å². The Balaban J connectivity index is 1.87. The molecular weight excluding hydrogens is 376 g/mol. The van der Waals surface area contributed by atoms with E-state index in [2.05, 4.69) is 5.10 Å². The van der Waals surface area contributed by atoms with E-state index in [1.807, 2.05) is 31.4 Å². The molecule has 1 fully saturated rings. The predicted octanol–water partition coefficient (Wildman–Crippen LogP) is 3.82. The molecule has 0 aliphatic carbocycles. The molecule has 0 saturated carbocycles. The molecule has 0 spiro atoms. The molecule has 1 N–H and O–H groups in total. The summed E-state index contributed by atoms with van der Waals surface area (Å²) in [6, 6.07) is 4.99. The van der Waals surface area contributed by atoms with Gasteiger partial charge < -0.3 is 10.0 Å². The Morgan fingerprint density at radius 1 is 1.32 bits per heavy atom. The summed E-state index contributed by atoms with van der Waals surface area (Å²) in [5.41, 5.74) is 1.82. The first-order valence-corrected chi connectivity index (χ1v) is 10.3. The van der Waals surface area contributed by atoms with Crippen molar-refractivity contribution >= 4 is 34.2 Å². The smallest absolute Gasteiger partial charge is 0.326 e. The SMILES string of the molecule is CC(C)n1ncc2c(C(=O)N3CCCCC3C(=O)O)cc(-c3cccs3)nc21. The van der Waals surface area contributed by atoms with Gasteiger partial charge in [-0.1, -0.05) is 6.07 Å². The van der Waals surface area contributed by atoms with Crippen LogP contribution in [0.2, 0.25) is 0 Å². The number of piperidine rings is 1. The number of aliphatic carboxylic acids is 1. The Morgan fingerprint density at radius 3 is 2.82 bits per heavy atom. The van der Waals surface area contributed by atoms with Gasteiger partial charge in [0, 0.05) is 12.6 Å². The van der Waals surface area contributed by atoms with Crippen LogP contribution in [0, 0.1) is 0 Å². The van der Waals surface area contributed by atoms with E-state index in [-0.39, 0.29) is 11.9 Å². The summed E-state index contributed by atoms with van der Waals surface area (Å²) in [6.45, 7) is 4.48. The van der Waals surface area contributed by atoms with Crippen molar-refractivity contribution in [3.63, 3.8) is 0 Å². The number of hydrogen-bond acceptors (Lipinski definition) is 5. The molecule has 1 aliphatic heterocycles. The fraction of sp³-hybridized carbons (Fsp3) is 0.400. The van der Waals surface area contributed by atoms with Crippen LogP contribution in [0.5, 0.6) is 0 Å². The first kappa shape index (κ1) is 18.6. The van der Waals surface area contributed by atoms with E-state index >= 15 is 0 Å². The first-order valence-electron chi connectivity index (χ1n) is 9.43. The van der Waals surface area contributed by atoms with Crippen LogP contribution in [-0.4, -0.2) is 49.2 Å². The molecule has 1 atom stereocenters. The van der Waals surface area contributed by atoms with E-state index in [0.717, 1.165) is 17.7 Å². The number of aromatic nitrogens is 3. The van der Waals surface area contributed by atoms with Gasteiger partial charge in [-0.05, 0) is 50.6 Å². The molecule has 1 amide bonds. The lowest BCUT2D eigenvalue weighted by molar-refractivity contribution is -0.143. The molecular formula is C20H22N4O3S. The zero-order valence-corrected chi connectivity index (χ0v) is 16.6. The Hall–Kier alpha value is -2.74. The summed E-state index contributed by atoms with van der Waals surface area (Å²) in [6.07, 6.45) is 3.77. The van der Waals surface area contributed by atoms with Gasteiger partial charge in [0.05, 0.1) is 27.7 Å². The lowest BCUT2D eigenvalue weighted by atomic mass is 10.00. The first-order chi connectivity index (χ1) is 13.5. The number of thiophene rings is 1. The molecule has 7 nitrogen and oxygen atoms in total. The minimum Gasteiger partial charge on any atom is -0.480 e. The zero-order valence-electron chi connectivity index (χ0n) is 15.8. The third-order valence-corrected chi connectivity index (χ3v) is 6.00. The maximum atomic E-state index is 13.4. The molecule has 3 aromatic rings. The Bertz CT molecular complexity index is 1030. The second-order valence-electron chi connectivity index (χ2n) is 7.30. The quantitative estimate of drug-likeness (QED) is 0.722. The van der Waals surface area contributed by atoms with E-state index in [0.29, 0.717) is 35.3 Å². The number of carboxylic acids is 1. The summed E-state index contributed by atoms with van der Waals surface area (Å²) < 4.78 is 1.80. The van der Waals surface area contributed by atoms with Crippen LogP contribution in [0.25, 0.3) is 21.6 Å². The second kappa shape index (κ2) is 7.35. The highest BCUT2D eigenvalue weighted by Crippen LogP contribution is 2.30. The molecule has 1 saturated heterocycles. The number of pyridine rings is 1. The van der Waals surface area contributed by atoms with Crippen molar-refractivity contribution in [1.29, 1.82) is 0 Å². The molecule has 146 valence electrons. The highest BCUT2D eigenvalue weighted by atomic mass is 32.1. The predicted molar refractivity (Wildman–Crippen MR) is 108 cm³/mol. The summed E-state index contributed by atoms with van der Waals surface area (Å²) in [7, 11) is 0. The molecule has 0 radical (unpaired) electrons. The van der Waals surface area contributed by atoms with Crippen LogP contribution < -0.4 is 0 Å². The van der Waals surface area contributed by atoms with Gasteiger partial charge in [-0.3, -0.25) is 4.79 Å². The number of fused-ring (bicyclic) bond motifs is 1. The highest BCUT2D eigenvalue weighted by Gasteiger charge is 2.34. The topological polar surface area (TPSA) is 88.3 Å². The van der Waals surface area contributed by atoms with Crippen LogP contribution in [0.1, 0.15) is 49.5 Å². The number of amides is 1. The van der Waals surface area contributed by atoms with Crippen LogP contribution in [0.3, 0.4) is 0 Å². The molecule has 28 heavy (non-hydrogen) atoms. The zero-order chi connectivity index (χ0) is 19.8. The van der Waals surface area contributed by atoms with Crippen molar-refractivity contribution in [2.45, 2.75) is 45.2 Å². The van der Waals surface area contributed by atoms with Crippen molar-refractivity contribution in [1.82, 2.24) is 19.7 Å². The molecule has 8 heteroatoms. The van der Waals surface area contributed by atoms with Gasteiger partial charge in [-0.25, -0.2) is 14.5 Å². The Kier molecular flexibility index (Phi) is 4.89. The van der Waals surface area contributed by atoms with Crippen molar-refractivity contribution in [3.8, 4) is 10.6 Å². The second-order valence-corrected chi connectivity index (χ2v) is 8.25. The lowest BCUT2D eigenvalue weighted by Gasteiger charge is -2.33.